The molecule has 1 amide bonds. The summed E-state index contributed by atoms with van der Waals surface area (Å²) in [7, 11) is 0. The number of halogens is 2. The molecule has 5 nitrogen and oxygen atoms in total. The van der Waals surface area contributed by atoms with Crippen molar-refractivity contribution < 1.29 is 4.79 Å². The van der Waals surface area contributed by atoms with Crippen LogP contribution in [0.3, 0.4) is 0 Å². The first-order valence-electron chi connectivity index (χ1n) is 7.73. The summed E-state index contributed by atoms with van der Waals surface area (Å²) in [5.41, 5.74) is 8.67. The molecule has 2 aromatic carbocycles. The zero-order valence-corrected chi connectivity index (χ0v) is 14.6. The number of amides is 1. The molecule has 3 aromatic rings. The number of rotatable bonds is 2. The highest BCUT2D eigenvalue weighted by atomic mass is 35.5. The second kappa shape index (κ2) is 6.10. The minimum absolute atomic E-state index is 0.158. The number of hydrogen-bond donors (Lipinski definition) is 2. The van der Waals surface area contributed by atoms with Crippen molar-refractivity contribution in [3.63, 3.8) is 0 Å². The Labute approximate surface area is 154 Å². The van der Waals surface area contributed by atoms with Crippen LogP contribution in [0, 0.1) is 0 Å². The Morgan fingerprint density at radius 2 is 1.92 bits per heavy atom. The molecule has 0 fully saturated rings. The summed E-state index contributed by atoms with van der Waals surface area (Å²) in [6.45, 7) is 0. The lowest BCUT2D eigenvalue weighted by Crippen LogP contribution is -2.28. The Hall–Kier alpha value is -2.50. The molecule has 0 aliphatic carbocycles. The maximum atomic E-state index is 12.6. The second-order valence-corrected chi connectivity index (χ2v) is 6.72. The van der Waals surface area contributed by atoms with E-state index in [1.54, 1.807) is 22.9 Å². The fraction of sp³-hybridized carbons (Fsp3) is 0.111. The molecule has 25 heavy (non-hydrogen) atoms. The monoisotopic (exact) mass is 372 g/mol. The number of nitrogens with two attached hydrogens (primary N) is 1. The predicted molar refractivity (Wildman–Crippen MR) is 99.5 cm³/mol. The quantitative estimate of drug-likeness (QED) is 0.712. The topological polar surface area (TPSA) is 72.9 Å². The standard InChI is InChI=1S/C18H14Cl2N4O/c19-10-6-7-12(15(20)8-10)13-9-14-16(21)24(11-4-2-1-3-5-11)23-17(14)22-18(13)25/h1-8,13H,9,21H2,(H,22,23,25). The van der Waals surface area contributed by atoms with Gasteiger partial charge in [0.25, 0.3) is 0 Å². The summed E-state index contributed by atoms with van der Waals surface area (Å²) in [6.07, 6.45) is 0.432. The first-order valence-corrected chi connectivity index (χ1v) is 8.49. The number of carbonyl (C=O) groups excluding carboxylic acids is 1. The van der Waals surface area contributed by atoms with E-state index in [4.69, 9.17) is 28.9 Å². The van der Waals surface area contributed by atoms with Gasteiger partial charge in [0, 0.05) is 15.6 Å². The highest BCUT2D eigenvalue weighted by Crippen LogP contribution is 2.38. The smallest absolute Gasteiger partial charge is 0.233 e. The van der Waals surface area contributed by atoms with E-state index in [-0.39, 0.29) is 5.91 Å². The molecule has 2 heterocycles. The molecular weight excluding hydrogens is 359 g/mol. The molecule has 0 saturated carbocycles. The van der Waals surface area contributed by atoms with Crippen LogP contribution in [0.25, 0.3) is 5.69 Å². The number of nitrogen functional groups attached to an aromatic ring is 1. The number of nitrogens with zero attached hydrogens (tertiary/aromatic N) is 2. The van der Waals surface area contributed by atoms with Crippen molar-refractivity contribution in [3.8, 4) is 5.69 Å². The van der Waals surface area contributed by atoms with Crippen molar-refractivity contribution in [3.05, 3.63) is 69.7 Å². The van der Waals surface area contributed by atoms with Crippen LogP contribution in [0.15, 0.2) is 48.5 Å². The van der Waals surface area contributed by atoms with Crippen LogP contribution >= 0.6 is 23.2 Å². The molecule has 126 valence electrons. The lowest BCUT2D eigenvalue weighted by Gasteiger charge is -2.22. The van der Waals surface area contributed by atoms with Crippen LogP contribution in [-0.2, 0) is 11.2 Å². The molecule has 0 bridgehead atoms. The third-order valence-electron chi connectivity index (χ3n) is 4.33. The fourth-order valence-corrected chi connectivity index (χ4v) is 3.61. The number of benzene rings is 2. The molecule has 1 unspecified atom stereocenters. The van der Waals surface area contributed by atoms with Gasteiger partial charge in [-0.2, -0.15) is 0 Å². The molecule has 0 spiro atoms. The normalized spacial score (nSPS) is 16.4. The van der Waals surface area contributed by atoms with Crippen molar-refractivity contribution in [2.24, 2.45) is 0 Å². The molecular formula is C18H14Cl2N4O. The molecule has 1 aliphatic rings. The van der Waals surface area contributed by atoms with E-state index in [1.165, 1.54) is 0 Å². The maximum absolute atomic E-state index is 12.6. The van der Waals surface area contributed by atoms with Gasteiger partial charge in [0.1, 0.15) is 5.82 Å². The average Bonchev–Trinajstić information content (AvgIpc) is 2.91. The number of fused-ring (bicyclic) bond motifs is 1. The minimum Gasteiger partial charge on any atom is -0.383 e. The third-order valence-corrected chi connectivity index (χ3v) is 4.89. The summed E-state index contributed by atoms with van der Waals surface area (Å²) in [6, 6.07) is 14.7. The van der Waals surface area contributed by atoms with E-state index < -0.39 is 5.92 Å². The summed E-state index contributed by atoms with van der Waals surface area (Å²) < 4.78 is 1.64. The first-order chi connectivity index (χ1) is 12.0. The van der Waals surface area contributed by atoms with Gasteiger partial charge in [0.05, 0.1) is 11.6 Å². The van der Waals surface area contributed by atoms with E-state index in [9.17, 15) is 4.79 Å². The van der Waals surface area contributed by atoms with E-state index in [0.29, 0.717) is 28.1 Å². The van der Waals surface area contributed by atoms with E-state index in [1.807, 2.05) is 30.3 Å². The number of aromatic nitrogens is 2. The van der Waals surface area contributed by atoms with Crippen molar-refractivity contribution in [1.29, 1.82) is 0 Å². The highest BCUT2D eigenvalue weighted by Gasteiger charge is 2.33. The molecule has 4 rings (SSSR count). The molecule has 1 aliphatic heterocycles. The van der Waals surface area contributed by atoms with Crippen LogP contribution in [0.5, 0.6) is 0 Å². The van der Waals surface area contributed by atoms with E-state index >= 15 is 0 Å². The molecule has 7 heteroatoms. The van der Waals surface area contributed by atoms with Crippen molar-refractivity contribution in [2.45, 2.75) is 12.3 Å². The Kier molecular flexibility index (Phi) is 3.90. The fourth-order valence-electron chi connectivity index (χ4n) is 3.07. The maximum Gasteiger partial charge on any atom is 0.233 e. The van der Waals surface area contributed by atoms with Gasteiger partial charge in [0.15, 0.2) is 5.82 Å². The van der Waals surface area contributed by atoms with Crippen molar-refractivity contribution >= 4 is 40.7 Å². The van der Waals surface area contributed by atoms with Crippen LogP contribution in [-0.4, -0.2) is 15.7 Å². The van der Waals surface area contributed by atoms with Crippen molar-refractivity contribution in [1.82, 2.24) is 9.78 Å². The summed E-state index contributed by atoms with van der Waals surface area (Å²) in [5.74, 6) is 0.409. The Balaban J connectivity index is 1.75. The van der Waals surface area contributed by atoms with Crippen LogP contribution in [0.2, 0.25) is 10.0 Å². The van der Waals surface area contributed by atoms with Gasteiger partial charge in [0.2, 0.25) is 5.91 Å². The van der Waals surface area contributed by atoms with Gasteiger partial charge in [-0.25, -0.2) is 4.68 Å². The summed E-state index contributed by atoms with van der Waals surface area (Å²) in [4.78, 5) is 12.6. The van der Waals surface area contributed by atoms with Crippen LogP contribution in [0.4, 0.5) is 11.6 Å². The molecule has 1 aromatic heterocycles. The minimum atomic E-state index is -0.437. The van der Waals surface area contributed by atoms with Crippen LogP contribution in [0.1, 0.15) is 17.0 Å². The van der Waals surface area contributed by atoms with Crippen molar-refractivity contribution in [2.75, 3.05) is 11.1 Å². The van der Waals surface area contributed by atoms with E-state index in [0.717, 1.165) is 16.8 Å². The van der Waals surface area contributed by atoms with Crippen LogP contribution < -0.4 is 11.1 Å². The second-order valence-electron chi connectivity index (χ2n) is 5.87. The number of hydrogen-bond acceptors (Lipinski definition) is 3. The number of carbonyl (C=O) groups is 1. The SMILES string of the molecule is Nc1c2c(nn1-c1ccccc1)NC(=O)C(c1ccc(Cl)cc1Cl)C2. The predicted octanol–water partition coefficient (Wildman–Crippen LogP) is 4.04. The Bertz CT molecular complexity index is 969. The first kappa shape index (κ1) is 16.0. The van der Waals surface area contributed by atoms with Gasteiger partial charge in [-0.1, -0.05) is 47.5 Å². The van der Waals surface area contributed by atoms with Gasteiger partial charge >= 0.3 is 0 Å². The number of nitrogens with one attached hydrogen (secondary N) is 1. The number of anilines is 2. The molecule has 1 atom stereocenters. The van der Waals surface area contributed by atoms with E-state index in [2.05, 4.69) is 10.4 Å². The molecule has 3 N–H and O–H groups in total. The Morgan fingerprint density at radius 3 is 2.64 bits per heavy atom. The molecule has 0 radical (unpaired) electrons. The van der Waals surface area contributed by atoms with Gasteiger partial charge < -0.3 is 11.1 Å². The summed E-state index contributed by atoms with van der Waals surface area (Å²) in [5, 5.41) is 8.27. The lowest BCUT2D eigenvalue weighted by molar-refractivity contribution is -0.117. The Morgan fingerprint density at radius 1 is 1.16 bits per heavy atom. The van der Waals surface area contributed by atoms with Gasteiger partial charge in [-0.3, -0.25) is 4.79 Å². The zero-order chi connectivity index (χ0) is 17.6. The third kappa shape index (κ3) is 2.75. The highest BCUT2D eigenvalue weighted by molar-refractivity contribution is 6.35. The number of para-hydroxylation sites is 1. The largest absolute Gasteiger partial charge is 0.383 e. The van der Waals surface area contributed by atoms with Gasteiger partial charge in [-0.15, -0.1) is 5.10 Å². The zero-order valence-electron chi connectivity index (χ0n) is 13.0. The lowest BCUT2D eigenvalue weighted by atomic mass is 9.89. The summed E-state index contributed by atoms with van der Waals surface area (Å²) >= 11 is 12.2. The van der Waals surface area contributed by atoms with Gasteiger partial charge in [-0.05, 0) is 36.2 Å². The molecule has 0 saturated heterocycles. The average molecular weight is 373 g/mol.